The maximum absolute atomic E-state index is 12.2. The van der Waals surface area contributed by atoms with Crippen molar-refractivity contribution in [3.05, 3.63) is 47.3 Å². The van der Waals surface area contributed by atoms with Gasteiger partial charge < -0.3 is 19.7 Å². The Hall–Kier alpha value is -2.83. The quantitative estimate of drug-likeness (QED) is 0.808. The standard InChI is InChI=1S/C17H20N2O5/c1-10(2)14-8-15(24-19-14)17(22)18-11(3)12-4-6-13(7-5-12)23-9-16(20)21/h4-8,10-11H,9H2,1-3H3,(H,18,22)(H,20,21). The Bertz CT molecular complexity index is 706. The normalized spacial score (nSPS) is 12.0. The minimum absolute atomic E-state index is 0.173. The maximum Gasteiger partial charge on any atom is 0.341 e. The van der Waals surface area contributed by atoms with E-state index in [1.54, 1.807) is 30.3 Å². The van der Waals surface area contributed by atoms with Gasteiger partial charge in [-0.1, -0.05) is 31.1 Å². The lowest BCUT2D eigenvalue weighted by molar-refractivity contribution is -0.139. The summed E-state index contributed by atoms with van der Waals surface area (Å²) < 4.78 is 10.1. The van der Waals surface area contributed by atoms with E-state index in [4.69, 9.17) is 14.4 Å². The zero-order valence-electron chi connectivity index (χ0n) is 13.8. The molecule has 2 N–H and O–H groups in total. The summed E-state index contributed by atoms with van der Waals surface area (Å²) in [7, 11) is 0. The van der Waals surface area contributed by atoms with E-state index in [1.165, 1.54) is 0 Å². The molecule has 1 atom stereocenters. The first-order chi connectivity index (χ1) is 11.4. The maximum atomic E-state index is 12.2. The molecule has 24 heavy (non-hydrogen) atoms. The van der Waals surface area contributed by atoms with Crippen LogP contribution in [0.15, 0.2) is 34.9 Å². The van der Waals surface area contributed by atoms with Gasteiger partial charge in [0.15, 0.2) is 6.61 Å². The smallest absolute Gasteiger partial charge is 0.341 e. The lowest BCUT2D eigenvalue weighted by atomic mass is 10.1. The highest BCUT2D eigenvalue weighted by Gasteiger charge is 2.17. The number of carbonyl (C=O) groups excluding carboxylic acids is 1. The van der Waals surface area contributed by atoms with Crippen LogP contribution in [0.1, 0.15) is 54.5 Å². The third-order valence-electron chi connectivity index (χ3n) is 3.43. The number of amides is 1. The molecular weight excluding hydrogens is 312 g/mol. The highest BCUT2D eigenvalue weighted by molar-refractivity contribution is 5.91. The molecule has 0 bridgehead atoms. The van der Waals surface area contributed by atoms with Gasteiger partial charge >= 0.3 is 5.97 Å². The molecule has 0 aliphatic heterocycles. The van der Waals surface area contributed by atoms with Crippen molar-refractivity contribution in [1.82, 2.24) is 10.5 Å². The van der Waals surface area contributed by atoms with Crippen LogP contribution in [-0.2, 0) is 4.79 Å². The van der Waals surface area contributed by atoms with Gasteiger partial charge in [0.25, 0.3) is 5.91 Å². The van der Waals surface area contributed by atoms with Crippen molar-refractivity contribution in [1.29, 1.82) is 0 Å². The molecule has 0 spiro atoms. The van der Waals surface area contributed by atoms with E-state index in [1.807, 2.05) is 20.8 Å². The first kappa shape index (κ1) is 17.5. The first-order valence-corrected chi connectivity index (χ1v) is 7.59. The number of ether oxygens (including phenoxy) is 1. The predicted octanol–water partition coefficient (Wildman–Crippen LogP) is 2.75. The molecule has 0 radical (unpaired) electrons. The second-order valence-electron chi connectivity index (χ2n) is 5.72. The molecule has 2 aromatic rings. The molecule has 7 heteroatoms. The molecule has 0 saturated heterocycles. The van der Waals surface area contributed by atoms with Crippen LogP contribution in [0.4, 0.5) is 0 Å². The van der Waals surface area contributed by atoms with Crippen molar-refractivity contribution < 1.29 is 24.0 Å². The lowest BCUT2D eigenvalue weighted by Crippen LogP contribution is -2.26. The Kier molecular flexibility index (Phi) is 5.57. The second-order valence-corrected chi connectivity index (χ2v) is 5.72. The van der Waals surface area contributed by atoms with Gasteiger partial charge in [-0.25, -0.2) is 4.79 Å². The van der Waals surface area contributed by atoms with E-state index in [9.17, 15) is 9.59 Å². The molecule has 1 aromatic carbocycles. The minimum atomic E-state index is -1.03. The summed E-state index contributed by atoms with van der Waals surface area (Å²) in [5.41, 5.74) is 1.59. The fourth-order valence-corrected chi connectivity index (χ4v) is 2.02. The number of nitrogens with one attached hydrogen (secondary N) is 1. The molecule has 1 aromatic heterocycles. The van der Waals surface area contributed by atoms with Crippen molar-refractivity contribution in [2.45, 2.75) is 32.7 Å². The number of carbonyl (C=O) groups is 2. The molecule has 0 aliphatic rings. The monoisotopic (exact) mass is 332 g/mol. The molecular formula is C17H20N2O5. The molecule has 128 valence electrons. The Morgan fingerprint density at radius 2 is 1.92 bits per heavy atom. The van der Waals surface area contributed by atoms with Gasteiger partial charge in [0, 0.05) is 6.07 Å². The largest absolute Gasteiger partial charge is 0.482 e. The van der Waals surface area contributed by atoms with E-state index in [2.05, 4.69) is 10.5 Å². The average Bonchev–Trinajstić information content (AvgIpc) is 3.03. The number of rotatable bonds is 7. The van der Waals surface area contributed by atoms with Crippen LogP contribution in [0.25, 0.3) is 0 Å². The van der Waals surface area contributed by atoms with Crippen molar-refractivity contribution >= 4 is 11.9 Å². The minimum Gasteiger partial charge on any atom is -0.482 e. The highest BCUT2D eigenvalue weighted by atomic mass is 16.5. The van der Waals surface area contributed by atoms with Gasteiger partial charge in [0.05, 0.1) is 11.7 Å². The van der Waals surface area contributed by atoms with Crippen LogP contribution >= 0.6 is 0 Å². The number of nitrogens with zero attached hydrogens (tertiary/aromatic N) is 1. The second kappa shape index (κ2) is 7.63. The summed E-state index contributed by atoms with van der Waals surface area (Å²) in [4.78, 5) is 22.6. The van der Waals surface area contributed by atoms with Gasteiger partial charge in [-0.2, -0.15) is 0 Å². The van der Waals surface area contributed by atoms with Crippen LogP contribution in [0.3, 0.4) is 0 Å². The third kappa shape index (κ3) is 4.58. The number of carboxylic acid groups (broad SMARTS) is 1. The van der Waals surface area contributed by atoms with Crippen molar-refractivity contribution in [2.75, 3.05) is 6.61 Å². The summed E-state index contributed by atoms with van der Waals surface area (Å²) in [5.74, 6) is -0.560. The number of aliphatic carboxylic acids is 1. The fourth-order valence-electron chi connectivity index (χ4n) is 2.02. The van der Waals surface area contributed by atoms with Crippen LogP contribution < -0.4 is 10.1 Å². The van der Waals surface area contributed by atoms with Crippen molar-refractivity contribution in [3.8, 4) is 5.75 Å². The zero-order chi connectivity index (χ0) is 17.7. The van der Waals surface area contributed by atoms with Crippen LogP contribution in [-0.4, -0.2) is 28.7 Å². The van der Waals surface area contributed by atoms with Gasteiger partial charge in [0.2, 0.25) is 5.76 Å². The summed E-state index contributed by atoms with van der Waals surface area (Å²) in [6, 6.07) is 8.23. The Balaban J connectivity index is 1.96. The first-order valence-electron chi connectivity index (χ1n) is 7.59. The molecule has 1 unspecified atom stereocenters. The molecule has 0 saturated carbocycles. The molecule has 2 rings (SSSR count). The third-order valence-corrected chi connectivity index (χ3v) is 3.43. The topological polar surface area (TPSA) is 102 Å². The highest BCUT2D eigenvalue weighted by Crippen LogP contribution is 2.19. The van der Waals surface area contributed by atoms with E-state index >= 15 is 0 Å². The van der Waals surface area contributed by atoms with Crippen LogP contribution in [0.5, 0.6) is 5.75 Å². The van der Waals surface area contributed by atoms with E-state index < -0.39 is 12.6 Å². The number of hydrogen-bond acceptors (Lipinski definition) is 5. The number of benzene rings is 1. The van der Waals surface area contributed by atoms with Gasteiger partial charge in [-0.05, 0) is 30.5 Å². The summed E-state index contributed by atoms with van der Waals surface area (Å²) >= 11 is 0. The Labute approximate surface area is 139 Å². The fraction of sp³-hybridized carbons (Fsp3) is 0.353. The zero-order valence-corrected chi connectivity index (χ0v) is 13.8. The van der Waals surface area contributed by atoms with Gasteiger partial charge in [0.1, 0.15) is 5.75 Å². The van der Waals surface area contributed by atoms with E-state index in [0.29, 0.717) is 5.75 Å². The van der Waals surface area contributed by atoms with Crippen LogP contribution in [0, 0.1) is 0 Å². The summed E-state index contributed by atoms with van der Waals surface area (Å²) in [6.45, 7) is 5.38. The molecule has 7 nitrogen and oxygen atoms in total. The average molecular weight is 332 g/mol. The van der Waals surface area contributed by atoms with E-state index in [-0.39, 0.29) is 23.6 Å². The molecule has 0 fully saturated rings. The lowest BCUT2D eigenvalue weighted by Gasteiger charge is -2.13. The number of hydrogen-bond donors (Lipinski definition) is 2. The van der Waals surface area contributed by atoms with Crippen LogP contribution in [0.2, 0.25) is 0 Å². The van der Waals surface area contributed by atoms with Crippen molar-refractivity contribution in [2.24, 2.45) is 0 Å². The van der Waals surface area contributed by atoms with E-state index in [0.717, 1.165) is 11.3 Å². The Morgan fingerprint density at radius 3 is 2.46 bits per heavy atom. The number of carboxylic acids is 1. The molecule has 0 aliphatic carbocycles. The summed E-state index contributed by atoms with van der Waals surface area (Å²) in [5, 5.41) is 15.3. The van der Waals surface area contributed by atoms with Crippen molar-refractivity contribution in [3.63, 3.8) is 0 Å². The summed E-state index contributed by atoms with van der Waals surface area (Å²) in [6.07, 6.45) is 0. The van der Waals surface area contributed by atoms with Gasteiger partial charge in [-0.15, -0.1) is 0 Å². The van der Waals surface area contributed by atoms with Gasteiger partial charge in [-0.3, -0.25) is 4.79 Å². The SMILES string of the molecule is CC(C)c1cc(C(=O)NC(C)c2ccc(OCC(=O)O)cc2)on1. The molecule has 1 heterocycles. The molecule has 1 amide bonds. The Morgan fingerprint density at radius 1 is 1.25 bits per heavy atom. The predicted molar refractivity (Wildman–Crippen MR) is 86.0 cm³/mol. The number of aromatic nitrogens is 1.